The van der Waals surface area contributed by atoms with Crippen molar-refractivity contribution in [2.45, 2.75) is 33.1 Å². The molecule has 0 radical (unpaired) electrons. The molecule has 1 fully saturated rings. The number of benzene rings is 3. The number of carbonyl (C=O) groups excluding carboxylic acids is 2. The highest BCUT2D eigenvalue weighted by Gasteiger charge is 2.33. The predicted molar refractivity (Wildman–Crippen MR) is 165 cm³/mol. The van der Waals surface area contributed by atoms with E-state index in [4.69, 9.17) is 0 Å². The number of thioether (sulfide) groups is 1. The molecule has 3 aromatic carbocycles. The Labute approximate surface area is 259 Å². The number of hydrogen-bond donors (Lipinski definition) is 1. The maximum atomic E-state index is 14.9. The van der Waals surface area contributed by atoms with E-state index in [1.165, 1.54) is 52.3 Å². The van der Waals surface area contributed by atoms with E-state index >= 15 is 0 Å². The number of rotatable bonds is 7. The summed E-state index contributed by atoms with van der Waals surface area (Å²) in [7, 11) is 0. The second-order valence-corrected chi connectivity index (χ2v) is 11.2. The number of amidine groups is 1. The smallest absolute Gasteiger partial charge is 0.406 e. The Morgan fingerprint density at radius 3 is 2.53 bits per heavy atom. The molecule has 1 aliphatic heterocycles. The molecule has 1 aromatic heterocycles. The fourth-order valence-corrected chi connectivity index (χ4v) is 5.30. The monoisotopic (exact) mass is 638 g/mol. The number of ether oxygens (including phenoxy) is 1. The number of aromatic nitrogens is 3. The first-order valence-corrected chi connectivity index (χ1v) is 14.6. The summed E-state index contributed by atoms with van der Waals surface area (Å²) in [5.41, 5.74) is 3.39. The molecule has 1 N–H and O–H groups in total. The number of urea groups is 1. The van der Waals surface area contributed by atoms with Gasteiger partial charge in [-0.15, -0.1) is 18.3 Å². The van der Waals surface area contributed by atoms with Crippen LogP contribution in [-0.2, 0) is 4.79 Å². The lowest BCUT2D eigenvalue weighted by Crippen LogP contribution is -2.31. The molecule has 4 aromatic rings. The molecule has 0 aliphatic carbocycles. The predicted octanol–water partition coefficient (Wildman–Crippen LogP) is 7.58. The van der Waals surface area contributed by atoms with Gasteiger partial charge >= 0.3 is 12.4 Å². The molecule has 9 nitrogen and oxygen atoms in total. The van der Waals surface area contributed by atoms with Crippen LogP contribution in [0.4, 0.5) is 33.7 Å². The number of anilines is 2. The normalized spacial score (nSPS) is 14.6. The van der Waals surface area contributed by atoms with Gasteiger partial charge in [-0.1, -0.05) is 37.7 Å². The van der Waals surface area contributed by atoms with Crippen molar-refractivity contribution in [3.05, 3.63) is 95.3 Å². The lowest BCUT2D eigenvalue weighted by atomic mass is 9.99. The van der Waals surface area contributed by atoms with E-state index in [2.05, 4.69) is 25.1 Å². The number of alkyl halides is 3. The highest BCUT2D eigenvalue weighted by atomic mass is 32.2. The average molecular weight is 639 g/mol. The Morgan fingerprint density at radius 1 is 1.09 bits per heavy atom. The highest BCUT2D eigenvalue weighted by molar-refractivity contribution is 8.15. The van der Waals surface area contributed by atoms with E-state index < -0.39 is 18.2 Å². The van der Waals surface area contributed by atoms with Crippen LogP contribution in [0.5, 0.6) is 5.75 Å². The van der Waals surface area contributed by atoms with Gasteiger partial charge in [0.05, 0.1) is 17.1 Å². The van der Waals surface area contributed by atoms with Crippen LogP contribution in [0.15, 0.2) is 72.0 Å². The summed E-state index contributed by atoms with van der Waals surface area (Å²) < 4.78 is 57.2. The topological polar surface area (TPSA) is 102 Å². The summed E-state index contributed by atoms with van der Waals surface area (Å²) in [6, 6.07) is 14.2. The Morgan fingerprint density at radius 2 is 1.84 bits per heavy atom. The Bertz CT molecular complexity index is 1800. The lowest BCUT2D eigenvalue weighted by Gasteiger charge is -2.22. The van der Waals surface area contributed by atoms with Crippen molar-refractivity contribution < 1.29 is 31.9 Å². The van der Waals surface area contributed by atoms with Crippen LogP contribution in [0.3, 0.4) is 0 Å². The molecule has 0 atom stereocenters. The highest BCUT2D eigenvalue weighted by Crippen LogP contribution is 2.34. The molecule has 2 heterocycles. The molecule has 5 rings (SSSR count). The fourth-order valence-electron chi connectivity index (χ4n) is 4.44. The zero-order valence-electron chi connectivity index (χ0n) is 24.2. The average Bonchev–Trinajstić information content (AvgIpc) is 3.58. The molecule has 3 amide bonds. The molecular weight excluding hydrogens is 612 g/mol. The summed E-state index contributed by atoms with van der Waals surface area (Å²) in [5.74, 6) is -0.687. The zero-order valence-corrected chi connectivity index (χ0v) is 25.0. The van der Waals surface area contributed by atoms with Crippen LogP contribution < -0.4 is 15.0 Å². The molecular formula is C31H26F4N6O3S. The second-order valence-electron chi connectivity index (χ2n) is 10.2. The van der Waals surface area contributed by atoms with Crippen molar-refractivity contribution in [3.63, 3.8) is 0 Å². The molecule has 14 heteroatoms. The maximum absolute atomic E-state index is 14.9. The first kappa shape index (κ1) is 31.4. The van der Waals surface area contributed by atoms with Crippen LogP contribution in [0.2, 0.25) is 0 Å². The zero-order chi connectivity index (χ0) is 32.3. The Balaban J connectivity index is 1.25. The lowest BCUT2D eigenvalue weighted by molar-refractivity contribution is -0.274. The first-order chi connectivity index (χ1) is 21.4. The van der Waals surface area contributed by atoms with Gasteiger partial charge < -0.3 is 10.1 Å². The maximum Gasteiger partial charge on any atom is 0.573 e. The van der Waals surface area contributed by atoms with Crippen LogP contribution in [0, 0.1) is 12.7 Å². The minimum Gasteiger partial charge on any atom is -0.406 e. The third-order valence-electron chi connectivity index (χ3n) is 6.52. The van der Waals surface area contributed by atoms with Gasteiger partial charge in [-0.3, -0.25) is 9.69 Å². The van der Waals surface area contributed by atoms with Crippen molar-refractivity contribution in [1.82, 2.24) is 14.8 Å². The Hall–Kier alpha value is -4.98. The van der Waals surface area contributed by atoms with E-state index in [1.807, 2.05) is 39.0 Å². The number of halogens is 4. The van der Waals surface area contributed by atoms with Crippen LogP contribution in [-0.4, -0.2) is 44.0 Å². The van der Waals surface area contributed by atoms with Crippen LogP contribution in [0.1, 0.15) is 42.3 Å². The van der Waals surface area contributed by atoms with Crippen molar-refractivity contribution in [2.75, 3.05) is 16.0 Å². The van der Waals surface area contributed by atoms with Gasteiger partial charge in [0.15, 0.2) is 11.0 Å². The number of aliphatic imine (C=N–C) groups is 1. The number of aryl methyl sites for hydroxylation is 1. The largest absolute Gasteiger partial charge is 0.573 e. The van der Waals surface area contributed by atoms with E-state index in [1.54, 1.807) is 0 Å². The molecule has 1 aliphatic rings. The van der Waals surface area contributed by atoms with E-state index in [-0.39, 0.29) is 45.6 Å². The summed E-state index contributed by atoms with van der Waals surface area (Å²) in [6.07, 6.45) is -0.540. The van der Waals surface area contributed by atoms with E-state index in [0.717, 1.165) is 41.1 Å². The number of hydrogen-bond acceptors (Lipinski definition) is 6. The quantitative estimate of drug-likeness (QED) is 0.210. The Kier molecular flexibility index (Phi) is 9.04. The van der Waals surface area contributed by atoms with Crippen LogP contribution in [0.25, 0.3) is 17.8 Å². The molecule has 45 heavy (non-hydrogen) atoms. The summed E-state index contributed by atoms with van der Waals surface area (Å²) in [5, 5.41) is 7.00. The van der Waals surface area contributed by atoms with Gasteiger partial charge in [0.1, 0.15) is 17.9 Å². The molecule has 0 unspecified atom stereocenters. The van der Waals surface area contributed by atoms with E-state index in [0.29, 0.717) is 11.4 Å². The number of amides is 3. The molecule has 0 bridgehead atoms. The van der Waals surface area contributed by atoms with Crippen molar-refractivity contribution in [3.8, 4) is 11.4 Å². The third-order valence-corrected chi connectivity index (χ3v) is 7.44. The number of nitrogens with zero attached hydrogens (tertiary/aromatic N) is 5. The molecule has 1 saturated heterocycles. The van der Waals surface area contributed by atoms with Gasteiger partial charge in [0.2, 0.25) is 5.91 Å². The summed E-state index contributed by atoms with van der Waals surface area (Å²) in [4.78, 5) is 35.2. The number of nitrogens with one attached hydrogen (secondary N) is 1. The van der Waals surface area contributed by atoms with Gasteiger partial charge in [-0.05, 0) is 84.7 Å². The van der Waals surface area contributed by atoms with Crippen molar-refractivity contribution in [1.29, 1.82) is 0 Å². The van der Waals surface area contributed by atoms with Gasteiger partial charge in [0.25, 0.3) is 0 Å². The molecule has 232 valence electrons. The first-order valence-electron chi connectivity index (χ1n) is 13.6. The fraction of sp³-hybridized carbons (Fsp3) is 0.194. The van der Waals surface area contributed by atoms with E-state index in [9.17, 15) is 27.2 Å². The van der Waals surface area contributed by atoms with Gasteiger partial charge in [0, 0.05) is 11.3 Å². The standard InChI is InChI=1S/C31H26F4N6O3S/c1-18(2)24-12-4-19(3)14-26(24)41-28(42)16-45-30(41)38-29(43)37-21-7-5-20(25(32)15-21)6-13-27-36-17-40(39-27)22-8-10-23(11-9-22)44-31(33,34)35/h4-15,17-18H,16H2,1-3H3,(H,37,43)/b13-6+,38-30?. The van der Waals surface area contributed by atoms with Crippen molar-refractivity contribution >= 4 is 52.4 Å². The van der Waals surface area contributed by atoms with Crippen LogP contribution >= 0.6 is 11.8 Å². The van der Waals surface area contributed by atoms with Gasteiger partial charge in [-0.2, -0.15) is 4.99 Å². The number of carbonyl (C=O) groups is 2. The molecule has 0 saturated carbocycles. The summed E-state index contributed by atoms with van der Waals surface area (Å²) in [6.45, 7) is 5.96. The summed E-state index contributed by atoms with van der Waals surface area (Å²) >= 11 is 1.15. The SMILES string of the molecule is Cc1ccc(C(C)C)c(N2C(=O)CSC2=NC(=O)Nc2ccc(/C=C/c3ncn(-c4ccc(OC(F)(F)F)cc4)n3)c(F)c2)c1. The molecule has 0 spiro atoms. The van der Waals surface area contributed by atoms with Gasteiger partial charge in [-0.25, -0.2) is 18.9 Å². The minimum atomic E-state index is -4.79. The van der Waals surface area contributed by atoms with Crippen molar-refractivity contribution in [2.24, 2.45) is 4.99 Å². The second kappa shape index (κ2) is 12.9. The minimum absolute atomic E-state index is 0.138. The third kappa shape index (κ3) is 7.76.